The van der Waals surface area contributed by atoms with Crippen molar-refractivity contribution in [2.24, 2.45) is 0 Å². The highest BCUT2D eigenvalue weighted by molar-refractivity contribution is 5.28. The van der Waals surface area contributed by atoms with Crippen LogP contribution in [0.3, 0.4) is 0 Å². The number of alkyl halides is 3. The Morgan fingerprint density at radius 3 is 2.56 bits per heavy atom. The predicted molar refractivity (Wildman–Crippen MR) is 68.4 cm³/mol. The molecule has 0 heterocycles. The first-order valence-corrected chi connectivity index (χ1v) is 6.26. The number of rotatable bonds is 6. The van der Waals surface area contributed by atoms with Crippen molar-refractivity contribution in [1.82, 2.24) is 0 Å². The van der Waals surface area contributed by atoms with Gasteiger partial charge in [-0.15, -0.1) is 0 Å². The Hall–Kier alpha value is -1.25. The molecule has 0 aliphatic rings. The molecule has 0 aromatic heterocycles. The van der Waals surface area contributed by atoms with Crippen molar-refractivity contribution in [1.29, 1.82) is 0 Å². The van der Waals surface area contributed by atoms with E-state index in [-0.39, 0.29) is 0 Å². The summed E-state index contributed by atoms with van der Waals surface area (Å²) in [4.78, 5) is 0. The Kier molecular flexibility index (Phi) is 5.45. The number of unbranched alkanes of at least 4 members (excludes halogenated alkanes) is 2. The summed E-state index contributed by atoms with van der Waals surface area (Å²) in [6.07, 6.45) is 0.504. The van der Waals surface area contributed by atoms with E-state index in [9.17, 15) is 13.2 Å². The Labute approximate surface area is 107 Å². The topological polar surface area (TPSA) is 0 Å². The largest absolute Gasteiger partial charge is 0.416 e. The van der Waals surface area contributed by atoms with Crippen molar-refractivity contribution in [2.75, 3.05) is 0 Å². The zero-order valence-electron chi connectivity index (χ0n) is 10.7. The Balaban J connectivity index is 2.60. The van der Waals surface area contributed by atoms with Crippen molar-refractivity contribution in [3.8, 4) is 0 Å². The van der Waals surface area contributed by atoms with Gasteiger partial charge in [-0.3, -0.25) is 0 Å². The van der Waals surface area contributed by atoms with Crippen LogP contribution in [-0.2, 0) is 12.6 Å². The van der Waals surface area contributed by atoms with Crippen LogP contribution in [0.5, 0.6) is 0 Å². The molecule has 0 bridgehead atoms. The summed E-state index contributed by atoms with van der Waals surface area (Å²) < 4.78 is 37.6. The molecular weight excluding hydrogens is 237 g/mol. The maximum absolute atomic E-state index is 12.5. The molecule has 1 aromatic rings. The molecule has 100 valence electrons. The van der Waals surface area contributed by atoms with Crippen LogP contribution in [0.1, 0.15) is 43.7 Å². The van der Waals surface area contributed by atoms with Gasteiger partial charge in [-0.25, -0.2) is 0 Å². The zero-order chi connectivity index (χ0) is 13.6. The van der Waals surface area contributed by atoms with Crippen molar-refractivity contribution in [3.63, 3.8) is 0 Å². The average molecular weight is 256 g/mol. The van der Waals surface area contributed by atoms with Gasteiger partial charge in [-0.2, -0.15) is 13.2 Å². The Bertz CT molecular complexity index is 391. The van der Waals surface area contributed by atoms with Crippen LogP contribution in [0.15, 0.2) is 36.4 Å². The Morgan fingerprint density at radius 2 is 1.94 bits per heavy atom. The molecule has 0 saturated heterocycles. The molecule has 1 aromatic carbocycles. The minimum Gasteiger partial charge on any atom is -0.166 e. The lowest BCUT2D eigenvalue weighted by Gasteiger charge is -2.10. The fourth-order valence-electron chi connectivity index (χ4n) is 1.86. The second-order valence-electron chi connectivity index (χ2n) is 4.58. The maximum atomic E-state index is 12.5. The number of halogens is 3. The summed E-state index contributed by atoms with van der Waals surface area (Å²) in [5.41, 5.74) is 1.11. The van der Waals surface area contributed by atoms with E-state index >= 15 is 0 Å². The van der Waals surface area contributed by atoms with Gasteiger partial charge in [-0.1, -0.05) is 50.1 Å². The quantitative estimate of drug-likeness (QED) is 0.473. The third-order valence-electron chi connectivity index (χ3n) is 2.84. The van der Waals surface area contributed by atoms with E-state index < -0.39 is 11.7 Å². The third kappa shape index (κ3) is 4.94. The molecule has 0 nitrogen and oxygen atoms in total. The summed E-state index contributed by atoms with van der Waals surface area (Å²) in [6, 6.07) is 5.49. The lowest BCUT2D eigenvalue weighted by molar-refractivity contribution is -0.137. The molecule has 18 heavy (non-hydrogen) atoms. The first-order valence-electron chi connectivity index (χ1n) is 6.26. The molecular formula is C15H19F3. The van der Waals surface area contributed by atoms with Gasteiger partial charge in [0.15, 0.2) is 0 Å². The fraction of sp³-hybridized carbons (Fsp3) is 0.467. The van der Waals surface area contributed by atoms with Crippen LogP contribution in [0.2, 0.25) is 0 Å². The van der Waals surface area contributed by atoms with Gasteiger partial charge in [0.1, 0.15) is 0 Å². The highest BCUT2D eigenvalue weighted by atomic mass is 19.4. The standard InChI is InChI=1S/C15H19F3/c1-3-4-5-7-12(2)10-13-8-6-9-14(11-13)15(16,17)18/h6,8-9,11H,2-5,7,10H2,1H3. The van der Waals surface area contributed by atoms with Crippen LogP contribution in [0.25, 0.3) is 0 Å². The van der Waals surface area contributed by atoms with Gasteiger partial charge in [0.05, 0.1) is 5.56 Å². The number of allylic oxidation sites excluding steroid dienone is 1. The highest BCUT2D eigenvalue weighted by Crippen LogP contribution is 2.30. The first kappa shape index (κ1) is 14.8. The van der Waals surface area contributed by atoms with Crippen LogP contribution in [-0.4, -0.2) is 0 Å². The van der Waals surface area contributed by atoms with Gasteiger partial charge in [-0.05, 0) is 30.9 Å². The van der Waals surface area contributed by atoms with Crippen LogP contribution in [0, 0.1) is 0 Å². The van der Waals surface area contributed by atoms with Gasteiger partial charge < -0.3 is 0 Å². The molecule has 0 atom stereocenters. The van der Waals surface area contributed by atoms with E-state index in [0.29, 0.717) is 12.0 Å². The lowest BCUT2D eigenvalue weighted by atomic mass is 10.00. The van der Waals surface area contributed by atoms with E-state index in [1.807, 2.05) is 0 Å². The molecule has 0 spiro atoms. The molecule has 0 aliphatic carbocycles. The lowest BCUT2D eigenvalue weighted by Crippen LogP contribution is -2.05. The number of hydrogen-bond acceptors (Lipinski definition) is 0. The molecule has 3 heteroatoms. The van der Waals surface area contributed by atoms with E-state index in [1.165, 1.54) is 12.1 Å². The van der Waals surface area contributed by atoms with Crippen LogP contribution < -0.4 is 0 Å². The predicted octanol–water partition coefficient (Wildman–Crippen LogP) is 5.38. The monoisotopic (exact) mass is 256 g/mol. The van der Waals surface area contributed by atoms with Gasteiger partial charge >= 0.3 is 6.18 Å². The minimum atomic E-state index is -4.26. The molecule has 0 aliphatic heterocycles. The fourth-order valence-corrected chi connectivity index (χ4v) is 1.86. The SMILES string of the molecule is C=C(CCCCC)Cc1cccc(C(F)(F)F)c1. The second-order valence-corrected chi connectivity index (χ2v) is 4.58. The van der Waals surface area contributed by atoms with Crippen molar-refractivity contribution < 1.29 is 13.2 Å². The van der Waals surface area contributed by atoms with E-state index in [2.05, 4.69) is 13.5 Å². The molecule has 0 fully saturated rings. The second kappa shape index (κ2) is 6.62. The van der Waals surface area contributed by atoms with E-state index in [4.69, 9.17) is 0 Å². The minimum absolute atomic E-state index is 0.535. The van der Waals surface area contributed by atoms with Gasteiger partial charge in [0.25, 0.3) is 0 Å². The summed E-state index contributed by atoms with van der Waals surface area (Å²) in [5, 5.41) is 0. The maximum Gasteiger partial charge on any atom is 0.416 e. The van der Waals surface area contributed by atoms with Gasteiger partial charge in [0, 0.05) is 0 Å². The van der Waals surface area contributed by atoms with Crippen molar-refractivity contribution >= 4 is 0 Å². The Morgan fingerprint density at radius 1 is 1.22 bits per heavy atom. The molecule has 0 saturated carbocycles. The molecule has 1 rings (SSSR count). The van der Waals surface area contributed by atoms with E-state index in [0.717, 1.165) is 37.3 Å². The number of hydrogen-bond donors (Lipinski definition) is 0. The summed E-state index contributed by atoms with van der Waals surface area (Å²) >= 11 is 0. The van der Waals surface area contributed by atoms with E-state index in [1.54, 1.807) is 6.07 Å². The van der Waals surface area contributed by atoms with Crippen LogP contribution >= 0.6 is 0 Å². The smallest absolute Gasteiger partial charge is 0.166 e. The molecule has 0 N–H and O–H groups in total. The molecule has 0 amide bonds. The highest BCUT2D eigenvalue weighted by Gasteiger charge is 2.30. The zero-order valence-corrected chi connectivity index (χ0v) is 10.7. The average Bonchev–Trinajstić information content (AvgIpc) is 2.28. The first-order chi connectivity index (χ1) is 8.43. The summed E-state index contributed by atoms with van der Waals surface area (Å²) in [6.45, 7) is 6.05. The summed E-state index contributed by atoms with van der Waals surface area (Å²) in [5.74, 6) is 0. The molecule has 0 radical (unpaired) electrons. The third-order valence-corrected chi connectivity index (χ3v) is 2.84. The molecule has 0 unspecified atom stereocenters. The number of benzene rings is 1. The van der Waals surface area contributed by atoms with Crippen LogP contribution in [0.4, 0.5) is 13.2 Å². The van der Waals surface area contributed by atoms with Crippen molar-refractivity contribution in [2.45, 2.75) is 45.2 Å². The van der Waals surface area contributed by atoms with Crippen molar-refractivity contribution in [3.05, 3.63) is 47.5 Å². The normalized spacial score (nSPS) is 11.6. The summed E-state index contributed by atoms with van der Waals surface area (Å²) in [7, 11) is 0. The van der Waals surface area contributed by atoms with Gasteiger partial charge in [0.2, 0.25) is 0 Å².